The van der Waals surface area contributed by atoms with E-state index in [4.69, 9.17) is 0 Å². The first-order valence-corrected chi connectivity index (χ1v) is 5.81. The Kier molecular flexibility index (Phi) is 2.18. The van der Waals surface area contributed by atoms with Gasteiger partial charge >= 0.3 is 0 Å². The van der Waals surface area contributed by atoms with Crippen molar-refractivity contribution in [1.29, 1.82) is 0 Å². The average molecular weight is 182 g/mol. The molecule has 3 atom stereocenters. The molecule has 0 radical (unpaired) electrons. The summed E-state index contributed by atoms with van der Waals surface area (Å²) in [4.78, 5) is 0. The van der Waals surface area contributed by atoms with Crippen molar-refractivity contribution in [3.8, 4) is 0 Å². The lowest BCUT2D eigenvalue weighted by Gasteiger charge is -2.55. The molecule has 2 fully saturated rings. The van der Waals surface area contributed by atoms with Gasteiger partial charge in [0.2, 0.25) is 0 Å². The van der Waals surface area contributed by atoms with Crippen LogP contribution < -0.4 is 0 Å². The van der Waals surface area contributed by atoms with Gasteiger partial charge in [-0.3, -0.25) is 0 Å². The largest absolute Gasteiger partial charge is 0.389 e. The van der Waals surface area contributed by atoms with E-state index in [1.54, 1.807) is 0 Å². The molecular formula is C12H22O. The van der Waals surface area contributed by atoms with Crippen molar-refractivity contribution in [2.45, 2.75) is 64.4 Å². The summed E-state index contributed by atoms with van der Waals surface area (Å²) < 4.78 is 0. The predicted molar refractivity (Wildman–Crippen MR) is 54.5 cm³/mol. The zero-order valence-corrected chi connectivity index (χ0v) is 8.97. The molecule has 2 rings (SSSR count). The third-order valence-electron chi connectivity index (χ3n) is 4.76. The zero-order chi connectivity index (χ0) is 9.53. The molecule has 0 spiro atoms. The van der Waals surface area contributed by atoms with Gasteiger partial charge in [-0.1, -0.05) is 33.1 Å². The summed E-state index contributed by atoms with van der Waals surface area (Å²) >= 11 is 0. The molecule has 1 nitrogen and oxygen atoms in total. The van der Waals surface area contributed by atoms with E-state index in [1.807, 2.05) is 0 Å². The molecule has 0 aromatic rings. The molecule has 0 saturated heterocycles. The average Bonchev–Trinajstić information content (AvgIpc) is 2.09. The summed E-state index contributed by atoms with van der Waals surface area (Å²) in [7, 11) is 0. The molecule has 2 saturated carbocycles. The van der Waals surface area contributed by atoms with Crippen LogP contribution in [0.15, 0.2) is 0 Å². The van der Waals surface area contributed by atoms with E-state index in [2.05, 4.69) is 13.8 Å². The smallest absolute Gasteiger partial charge is 0.0726 e. The molecule has 0 unspecified atom stereocenters. The molecule has 0 amide bonds. The van der Waals surface area contributed by atoms with E-state index >= 15 is 0 Å². The molecule has 2 aliphatic carbocycles. The molecule has 2 aliphatic rings. The van der Waals surface area contributed by atoms with Crippen LogP contribution in [0, 0.1) is 11.3 Å². The maximum Gasteiger partial charge on any atom is 0.0726 e. The molecular weight excluding hydrogens is 160 g/mol. The highest BCUT2D eigenvalue weighted by molar-refractivity contribution is 5.04. The topological polar surface area (TPSA) is 20.2 Å². The van der Waals surface area contributed by atoms with Crippen molar-refractivity contribution in [2.75, 3.05) is 0 Å². The van der Waals surface area contributed by atoms with Gasteiger partial charge in [0.15, 0.2) is 0 Å². The highest BCUT2D eigenvalue weighted by Crippen LogP contribution is 2.55. The molecule has 0 aromatic heterocycles. The Bertz CT molecular complexity index is 197. The van der Waals surface area contributed by atoms with Crippen LogP contribution in [-0.4, -0.2) is 10.7 Å². The van der Waals surface area contributed by atoms with Gasteiger partial charge in [-0.05, 0) is 37.0 Å². The maximum absolute atomic E-state index is 10.7. The van der Waals surface area contributed by atoms with Crippen LogP contribution in [-0.2, 0) is 0 Å². The van der Waals surface area contributed by atoms with Gasteiger partial charge in [0.05, 0.1) is 5.60 Å². The lowest BCUT2D eigenvalue weighted by Crippen LogP contribution is -2.55. The van der Waals surface area contributed by atoms with Crippen LogP contribution in [0.2, 0.25) is 0 Å². The fraction of sp³-hybridized carbons (Fsp3) is 1.00. The fourth-order valence-electron chi connectivity index (χ4n) is 3.65. The van der Waals surface area contributed by atoms with Crippen molar-refractivity contribution in [2.24, 2.45) is 11.3 Å². The minimum atomic E-state index is -0.330. The fourth-order valence-corrected chi connectivity index (χ4v) is 3.65. The molecule has 0 bridgehead atoms. The molecule has 0 aliphatic heterocycles. The second-order valence-corrected chi connectivity index (χ2v) is 5.49. The Morgan fingerprint density at radius 1 is 1.08 bits per heavy atom. The van der Waals surface area contributed by atoms with Crippen molar-refractivity contribution >= 4 is 0 Å². The van der Waals surface area contributed by atoms with E-state index in [-0.39, 0.29) is 11.0 Å². The number of aliphatic hydroxyl groups is 1. The number of rotatable bonds is 0. The summed E-state index contributed by atoms with van der Waals surface area (Å²) in [5.41, 5.74) is -0.0909. The number of fused-ring (bicyclic) bond motifs is 1. The van der Waals surface area contributed by atoms with E-state index < -0.39 is 0 Å². The standard InChI is InChI=1S/C12H22O/c1-10-6-5-8-11(2)7-3-4-9-12(10,11)13/h10,13H,3-9H2,1-2H3/t10-,11-,12-/m0/s1. The highest BCUT2D eigenvalue weighted by atomic mass is 16.3. The monoisotopic (exact) mass is 182 g/mol. The van der Waals surface area contributed by atoms with Crippen LogP contribution in [0.1, 0.15) is 58.8 Å². The Morgan fingerprint density at radius 2 is 1.69 bits per heavy atom. The molecule has 1 N–H and O–H groups in total. The summed E-state index contributed by atoms with van der Waals surface area (Å²) in [6, 6.07) is 0. The summed E-state index contributed by atoms with van der Waals surface area (Å²) in [5.74, 6) is 0.520. The van der Waals surface area contributed by atoms with E-state index in [0.29, 0.717) is 5.92 Å². The third kappa shape index (κ3) is 1.24. The second kappa shape index (κ2) is 2.98. The van der Waals surface area contributed by atoms with Gasteiger partial charge < -0.3 is 5.11 Å². The first-order valence-electron chi connectivity index (χ1n) is 5.81. The van der Waals surface area contributed by atoms with Gasteiger partial charge in [-0.15, -0.1) is 0 Å². The minimum Gasteiger partial charge on any atom is -0.389 e. The molecule has 1 heteroatoms. The van der Waals surface area contributed by atoms with Crippen LogP contribution in [0.4, 0.5) is 0 Å². The third-order valence-corrected chi connectivity index (χ3v) is 4.76. The van der Waals surface area contributed by atoms with Crippen molar-refractivity contribution in [3.63, 3.8) is 0 Å². The lowest BCUT2D eigenvalue weighted by molar-refractivity contribution is -0.164. The normalized spacial score (nSPS) is 51.5. The Balaban J connectivity index is 2.27. The summed E-state index contributed by atoms with van der Waals surface area (Å²) in [5, 5.41) is 10.7. The van der Waals surface area contributed by atoms with Gasteiger partial charge in [0, 0.05) is 0 Å². The summed E-state index contributed by atoms with van der Waals surface area (Å²) in [6.45, 7) is 4.55. The molecule has 0 heterocycles. The predicted octanol–water partition coefficient (Wildman–Crippen LogP) is 3.12. The van der Waals surface area contributed by atoms with Crippen LogP contribution in [0.3, 0.4) is 0 Å². The van der Waals surface area contributed by atoms with E-state index in [1.165, 1.54) is 38.5 Å². The van der Waals surface area contributed by atoms with Crippen molar-refractivity contribution < 1.29 is 5.11 Å². The lowest BCUT2D eigenvalue weighted by atomic mass is 9.54. The quantitative estimate of drug-likeness (QED) is 0.610. The zero-order valence-electron chi connectivity index (χ0n) is 8.97. The van der Waals surface area contributed by atoms with Gasteiger partial charge in [-0.25, -0.2) is 0 Å². The van der Waals surface area contributed by atoms with Gasteiger partial charge in [0.1, 0.15) is 0 Å². The van der Waals surface area contributed by atoms with Crippen LogP contribution >= 0.6 is 0 Å². The van der Waals surface area contributed by atoms with E-state index in [0.717, 1.165) is 6.42 Å². The Hall–Kier alpha value is -0.0400. The van der Waals surface area contributed by atoms with E-state index in [9.17, 15) is 5.11 Å². The van der Waals surface area contributed by atoms with Crippen LogP contribution in [0.5, 0.6) is 0 Å². The molecule has 76 valence electrons. The van der Waals surface area contributed by atoms with Crippen LogP contribution in [0.25, 0.3) is 0 Å². The van der Waals surface area contributed by atoms with Crippen molar-refractivity contribution in [1.82, 2.24) is 0 Å². The minimum absolute atomic E-state index is 0.239. The first-order chi connectivity index (χ1) is 6.08. The molecule has 0 aromatic carbocycles. The summed E-state index contributed by atoms with van der Waals surface area (Å²) in [6.07, 6.45) is 8.64. The van der Waals surface area contributed by atoms with Gasteiger partial charge in [-0.2, -0.15) is 0 Å². The Morgan fingerprint density at radius 3 is 2.38 bits per heavy atom. The molecule has 13 heavy (non-hydrogen) atoms. The second-order valence-electron chi connectivity index (χ2n) is 5.49. The number of hydrogen-bond donors (Lipinski definition) is 1. The number of hydrogen-bond acceptors (Lipinski definition) is 1. The highest BCUT2D eigenvalue weighted by Gasteiger charge is 2.52. The first kappa shape index (κ1) is 9.51. The Labute approximate surface area is 81.5 Å². The van der Waals surface area contributed by atoms with Crippen molar-refractivity contribution in [3.05, 3.63) is 0 Å². The van der Waals surface area contributed by atoms with Gasteiger partial charge in [0.25, 0.3) is 0 Å². The SMILES string of the molecule is C[C@H]1CCC[C@]2(C)CCCC[C@]12O. The maximum atomic E-state index is 10.7.